The van der Waals surface area contributed by atoms with Crippen molar-refractivity contribution in [3.63, 3.8) is 0 Å². The summed E-state index contributed by atoms with van der Waals surface area (Å²) in [5, 5.41) is 0. The van der Waals surface area contributed by atoms with E-state index in [9.17, 15) is 0 Å². The molecule has 0 atom stereocenters. The fraction of sp³-hybridized carbons (Fsp3) is 0.182. The van der Waals surface area contributed by atoms with Gasteiger partial charge in [-0.05, 0) is 12.5 Å². The first kappa shape index (κ1) is 9.21. The van der Waals surface area contributed by atoms with Crippen molar-refractivity contribution in [3.05, 3.63) is 35.8 Å². The van der Waals surface area contributed by atoms with Gasteiger partial charge in [0.1, 0.15) is 0 Å². The van der Waals surface area contributed by atoms with E-state index in [-0.39, 0.29) is 0 Å². The van der Waals surface area contributed by atoms with Gasteiger partial charge in [-0.1, -0.05) is 30.3 Å². The van der Waals surface area contributed by atoms with Crippen LogP contribution in [0.4, 0.5) is 0 Å². The first-order valence-corrected chi connectivity index (χ1v) is 5.41. The minimum atomic E-state index is 0.656. The van der Waals surface area contributed by atoms with E-state index in [2.05, 4.69) is 17.1 Å². The Balaban J connectivity index is 2.37. The third-order valence-electron chi connectivity index (χ3n) is 1.85. The quantitative estimate of drug-likeness (QED) is 0.767. The first-order chi connectivity index (χ1) is 6.92. The number of hydrogen-bond acceptors (Lipinski definition) is 3. The summed E-state index contributed by atoms with van der Waals surface area (Å²) >= 11 is 1.61. The number of benzene rings is 1. The summed E-state index contributed by atoms with van der Waals surface area (Å²) in [6, 6.07) is 10.2. The topological polar surface area (TPSA) is 22.1 Å². The van der Waals surface area contributed by atoms with Gasteiger partial charge >= 0.3 is 0 Å². The molecule has 1 heterocycles. The van der Waals surface area contributed by atoms with E-state index >= 15 is 0 Å². The zero-order chi connectivity index (χ0) is 9.80. The third-order valence-corrected chi connectivity index (χ3v) is 2.71. The molecule has 0 aliphatic heterocycles. The zero-order valence-electron chi connectivity index (χ0n) is 7.93. The molecule has 0 spiro atoms. The molecular formula is C11H11NOS. The van der Waals surface area contributed by atoms with Crippen LogP contribution in [0.1, 0.15) is 6.92 Å². The Morgan fingerprint density at radius 1 is 1.29 bits per heavy atom. The minimum absolute atomic E-state index is 0.656. The van der Waals surface area contributed by atoms with Crippen molar-refractivity contribution in [2.75, 3.05) is 6.61 Å². The molecule has 3 heteroatoms. The fourth-order valence-electron chi connectivity index (χ4n) is 1.26. The summed E-state index contributed by atoms with van der Waals surface area (Å²) in [6.45, 7) is 2.62. The second-order valence-corrected chi connectivity index (χ2v) is 3.64. The van der Waals surface area contributed by atoms with Gasteiger partial charge in [-0.2, -0.15) is 0 Å². The van der Waals surface area contributed by atoms with Gasteiger partial charge in [-0.3, -0.25) is 0 Å². The molecule has 0 fully saturated rings. The van der Waals surface area contributed by atoms with Crippen LogP contribution in [0.5, 0.6) is 5.88 Å². The van der Waals surface area contributed by atoms with Crippen LogP contribution >= 0.6 is 11.3 Å². The highest BCUT2D eigenvalue weighted by Crippen LogP contribution is 2.32. The Kier molecular flexibility index (Phi) is 2.79. The molecule has 0 saturated carbocycles. The van der Waals surface area contributed by atoms with E-state index < -0.39 is 0 Å². The van der Waals surface area contributed by atoms with Crippen molar-refractivity contribution in [2.45, 2.75) is 6.92 Å². The van der Waals surface area contributed by atoms with Gasteiger partial charge < -0.3 is 4.74 Å². The van der Waals surface area contributed by atoms with Crippen LogP contribution in [-0.4, -0.2) is 11.6 Å². The molecule has 1 aromatic carbocycles. The molecule has 14 heavy (non-hydrogen) atoms. The second-order valence-electron chi connectivity index (χ2n) is 2.79. The predicted octanol–water partition coefficient (Wildman–Crippen LogP) is 3.21. The van der Waals surface area contributed by atoms with Gasteiger partial charge in [0.25, 0.3) is 0 Å². The van der Waals surface area contributed by atoms with Gasteiger partial charge in [-0.15, -0.1) is 11.3 Å². The number of ether oxygens (including phenoxy) is 1. The van der Waals surface area contributed by atoms with Crippen molar-refractivity contribution >= 4 is 11.3 Å². The summed E-state index contributed by atoms with van der Waals surface area (Å²) in [5.41, 5.74) is 2.98. The fourth-order valence-corrected chi connectivity index (χ4v) is 2.00. The summed E-state index contributed by atoms with van der Waals surface area (Å²) in [5.74, 6) is 0.740. The Morgan fingerprint density at radius 2 is 2.07 bits per heavy atom. The van der Waals surface area contributed by atoms with Gasteiger partial charge in [0.15, 0.2) is 0 Å². The van der Waals surface area contributed by atoms with Gasteiger partial charge in [-0.25, -0.2) is 4.98 Å². The molecule has 0 bridgehead atoms. The van der Waals surface area contributed by atoms with Crippen LogP contribution in [0, 0.1) is 0 Å². The lowest BCUT2D eigenvalue weighted by atomic mass is 10.2. The van der Waals surface area contributed by atoms with Gasteiger partial charge in [0, 0.05) is 0 Å². The molecule has 0 aliphatic carbocycles. The summed E-state index contributed by atoms with van der Waals surface area (Å²) in [6.07, 6.45) is 0. The van der Waals surface area contributed by atoms with E-state index in [4.69, 9.17) is 4.74 Å². The van der Waals surface area contributed by atoms with E-state index in [1.807, 2.05) is 30.6 Å². The van der Waals surface area contributed by atoms with Crippen molar-refractivity contribution in [2.24, 2.45) is 0 Å². The van der Waals surface area contributed by atoms with Crippen LogP contribution in [-0.2, 0) is 0 Å². The van der Waals surface area contributed by atoms with Crippen molar-refractivity contribution < 1.29 is 4.74 Å². The molecule has 0 amide bonds. The molecule has 2 aromatic rings. The highest BCUT2D eigenvalue weighted by atomic mass is 32.1. The van der Waals surface area contributed by atoms with Gasteiger partial charge in [0.2, 0.25) is 5.88 Å². The monoisotopic (exact) mass is 205 g/mol. The number of thiazole rings is 1. The number of rotatable bonds is 3. The highest BCUT2D eigenvalue weighted by Gasteiger charge is 2.08. The predicted molar refractivity (Wildman–Crippen MR) is 58.7 cm³/mol. The minimum Gasteiger partial charge on any atom is -0.477 e. The lowest BCUT2D eigenvalue weighted by Crippen LogP contribution is -1.92. The Morgan fingerprint density at radius 3 is 2.79 bits per heavy atom. The SMILES string of the molecule is CCOc1ncsc1-c1ccccc1. The van der Waals surface area contributed by atoms with Crippen LogP contribution in [0.25, 0.3) is 10.4 Å². The molecule has 0 radical (unpaired) electrons. The molecule has 1 aromatic heterocycles. The van der Waals surface area contributed by atoms with Crippen LogP contribution in [0.3, 0.4) is 0 Å². The number of aromatic nitrogens is 1. The van der Waals surface area contributed by atoms with Crippen LogP contribution in [0.15, 0.2) is 35.8 Å². The summed E-state index contributed by atoms with van der Waals surface area (Å²) in [4.78, 5) is 5.28. The smallest absolute Gasteiger partial charge is 0.232 e. The lowest BCUT2D eigenvalue weighted by Gasteiger charge is -2.02. The normalized spacial score (nSPS) is 10.1. The van der Waals surface area contributed by atoms with Crippen molar-refractivity contribution in [1.29, 1.82) is 0 Å². The Bertz CT molecular complexity index is 397. The maximum atomic E-state index is 5.43. The molecule has 2 rings (SSSR count). The van der Waals surface area contributed by atoms with E-state index in [1.165, 1.54) is 5.56 Å². The summed E-state index contributed by atoms with van der Waals surface area (Å²) < 4.78 is 5.43. The summed E-state index contributed by atoms with van der Waals surface area (Å²) in [7, 11) is 0. The molecule has 0 unspecified atom stereocenters. The zero-order valence-corrected chi connectivity index (χ0v) is 8.75. The van der Waals surface area contributed by atoms with Crippen LogP contribution in [0.2, 0.25) is 0 Å². The average molecular weight is 205 g/mol. The maximum Gasteiger partial charge on any atom is 0.232 e. The van der Waals surface area contributed by atoms with Crippen molar-refractivity contribution in [3.8, 4) is 16.3 Å². The number of hydrogen-bond donors (Lipinski definition) is 0. The molecule has 0 aliphatic rings. The Labute approximate surface area is 87.2 Å². The van der Waals surface area contributed by atoms with E-state index in [0.29, 0.717) is 6.61 Å². The molecule has 0 saturated heterocycles. The van der Waals surface area contributed by atoms with E-state index in [0.717, 1.165) is 10.8 Å². The molecule has 0 N–H and O–H groups in total. The molecule has 72 valence electrons. The van der Waals surface area contributed by atoms with Crippen LogP contribution < -0.4 is 4.74 Å². The Hall–Kier alpha value is -1.35. The second kappa shape index (κ2) is 4.24. The number of nitrogens with zero attached hydrogens (tertiary/aromatic N) is 1. The van der Waals surface area contributed by atoms with Gasteiger partial charge in [0.05, 0.1) is 17.0 Å². The average Bonchev–Trinajstić information content (AvgIpc) is 2.68. The lowest BCUT2D eigenvalue weighted by molar-refractivity contribution is 0.330. The standard InChI is InChI=1S/C11H11NOS/c1-2-13-11-10(14-8-12-11)9-6-4-3-5-7-9/h3-8H,2H2,1H3. The highest BCUT2D eigenvalue weighted by molar-refractivity contribution is 7.13. The largest absolute Gasteiger partial charge is 0.477 e. The first-order valence-electron chi connectivity index (χ1n) is 4.53. The maximum absolute atomic E-state index is 5.43. The molecular weight excluding hydrogens is 194 g/mol. The van der Waals surface area contributed by atoms with E-state index in [1.54, 1.807) is 11.3 Å². The van der Waals surface area contributed by atoms with Crippen molar-refractivity contribution in [1.82, 2.24) is 4.98 Å². The third kappa shape index (κ3) is 1.77. The molecule has 2 nitrogen and oxygen atoms in total.